The number of hydrogen-bond acceptors (Lipinski definition) is 8. The number of nitrogens with one attached hydrogen (secondary N) is 2. The maximum atomic E-state index is 9.31. The van der Waals surface area contributed by atoms with Crippen molar-refractivity contribution in [3.63, 3.8) is 0 Å². The van der Waals surface area contributed by atoms with Crippen molar-refractivity contribution in [3.8, 4) is 5.75 Å². The molecule has 1 aromatic heterocycles. The molecule has 8 nitrogen and oxygen atoms in total. The first-order chi connectivity index (χ1) is 11.2. The van der Waals surface area contributed by atoms with E-state index in [0.717, 1.165) is 12.0 Å². The van der Waals surface area contributed by atoms with Crippen molar-refractivity contribution >= 4 is 11.9 Å². The number of aromatic nitrogens is 3. The third-order valence-corrected chi connectivity index (χ3v) is 3.00. The minimum Gasteiger partial charge on any atom is -0.508 e. The summed E-state index contributed by atoms with van der Waals surface area (Å²) in [7, 11) is 3.17. The molecule has 124 valence electrons. The Morgan fingerprint density at radius 2 is 1.43 bits per heavy atom. The highest BCUT2D eigenvalue weighted by Crippen LogP contribution is 2.12. The largest absolute Gasteiger partial charge is 0.508 e. The molecule has 0 amide bonds. The molecular weight excluding hydrogens is 298 g/mol. The first-order valence-electron chi connectivity index (χ1n) is 7.19. The van der Waals surface area contributed by atoms with E-state index >= 15 is 0 Å². The van der Waals surface area contributed by atoms with Crippen LogP contribution in [0.4, 0.5) is 11.9 Å². The van der Waals surface area contributed by atoms with Crippen molar-refractivity contribution in [3.05, 3.63) is 35.7 Å². The van der Waals surface area contributed by atoms with Crippen molar-refractivity contribution in [2.24, 2.45) is 0 Å². The Labute approximate surface area is 134 Å². The van der Waals surface area contributed by atoms with Crippen LogP contribution in [0.3, 0.4) is 0 Å². The lowest BCUT2D eigenvalue weighted by molar-refractivity contribution is 0.219. The Hall–Kier alpha value is -2.45. The molecule has 2 aromatic rings. The van der Waals surface area contributed by atoms with Crippen LogP contribution in [0.25, 0.3) is 0 Å². The summed E-state index contributed by atoms with van der Waals surface area (Å²) in [5, 5.41) is 15.2. The Balaban J connectivity index is 2.06. The van der Waals surface area contributed by atoms with Crippen molar-refractivity contribution in [2.75, 3.05) is 38.3 Å². The van der Waals surface area contributed by atoms with Gasteiger partial charge in [-0.1, -0.05) is 12.1 Å². The molecule has 0 aliphatic rings. The first kappa shape index (κ1) is 16.9. The average molecular weight is 319 g/mol. The van der Waals surface area contributed by atoms with Gasteiger partial charge < -0.3 is 25.2 Å². The highest BCUT2D eigenvalue weighted by Gasteiger charge is 2.07. The average Bonchev–Trinajstić information content (AvgIpc) is 2.57. The van der Waals surface area contributed by atoms with Crippen LogP contribution < -0.4 is 10.6 Å². The van der Waals surface area contributed by atoms with Gasteiger partial charge in [0.1, 0.15) is 25.0 Å². The van der Waals surface area contributed by atoms with Crippen molar-refractivity contribution < 1.29 is 14.6 Å². The van der Waals surface area contributed by atoms with E-state index in [0.29, 0.717) is 37.6 Å². The molecule has 0 atom stereocenters. The van der Waals surface area contributed by atoms with Gasteiger partial charge >= 0.3 is 0 Å². The summed E-state index contributed by atoms with van der Waals surface area (Å²) in [6, 6.07) is 7.09. The van der Waals surface area contributed by atoms with Gasteiger partial charge in [-0.05, 0) is 24.1 Å². The SMILES string of the molecule is COCNc1nc(CCc2ccc(O)cc2)nc(NCOC)n1. The normalized spacial score (nSPS) is 10.5. The van der Waals surface area contributed by atoms with Gasteiger partial charge in [0.15, 0.2) is 0 Å². The molecule has 0 unspecified atom stereocenters. The van der Waals surface area contributed by atoms with E-state index in [9.17, 15) is 5.11 Å². The minimum absolute atomic E-state index is 0.256. The third-order valence-electron chi connectivity index (χ3n) is 3.00. The maximum absolute atomic E-state index is 9.31. The topological polar surface area (TPSA) is 101 Å². The smallest absolute Gasteiger partial charge is 0.229 e. The Morgan fingerprint density at radius 3 is 1.96 bits per heavy atom. The van der Waals surface area contributed by atoms with Gasteiger partial charge in [-0.2, -0.15) is 15.0 Å². The Bertz CT molecular complexity index is 580. The number of nitrogens with zero attached hydrogens (tertiary/aromatic N) is 3. The molecule has 0 aliphatic carbocycles. The van der Waals surface area contributed by atoms with Crippen LogP contribution >= 0.6 is 0 Å². The predicted molar refractivity (Wildman–Crippen MR) is 86.3 cm³/mol. The Morgan fingerprint density at radius 1 is 0.870 bits per heavy atom. The Kier molecular flexibility index (Phi) is 6.52. The molecule has 0 saturated carbocycles. The molecule has 1 aromatic carbocycles. The maximum Gasteiger partial charge on any atom is 0.229 e. The van der Waals surface area contributed by atoms with Gasteiger partial charge in [-0.25, -0.2) is 0 Å². The van der Waals surface area contributed by atoms with E-state index in [-0.39, 0.29) is 5.75 Å². The van der Waals surface area contributed by atoms with E-state index in [2.05, 4.69) is 25.6 Å². The zero-order valence-electron chi connectivity index (χ0n) is 13.2. The highest BCUT2D eigenvalue weighted by atomic mass is 16.5. The number of benzene rings is 1. The van der Waals surface area contributed by atoms with Crippen LogP contribution in [0, 0.1) is 0 Å². The number of aromatic hydroxyl groups is 1. The predicted octanol–water partition coefficient (Wildman–Crippen LogP) is 1.39. The molecule has 3 N–H and O–H groups in total. The van der Waals surface area contributed by atoms with Crippen LogP contribution in [-0.2, 0) is 22.3 Å². The van der Waals surface area contributed by atoms with Crippen LogP contribution in [-0.4, -0.2) is 47.7 Å². The summed E-state index contributed by atoms with van der Waals surface area (Å²) in [5.41, 5.74) is 1.10. The zero-order chi connectivity index (χ0) is 16.5. The van der Waals surface area contributed by atoms with Gasteiger partial charge in [0.05, 0.1) is 0 Å². The summed E-state index contributed by atoms with van der Waals surface area (Å²) in [6.07, 6.45) is 1.41. The summed E-state index contributed by atoms with van der Waals surface area (Å²) < 4.78 is 9.93. The molecule has 23 heavy (non-hydrogen) atoms. The van der Waals surface area contributed by atoms with E-state index < -0.39 is 0 Å². The molecule has 1 heterocycles. The van der Waals surface area contributed by atoms with Crippen molar-refractivity contribution in [2.45, 2.75) is 12.8 Å². The number of aryl methyl sites for hydroxylation is 2. The number of ether oxygens (including phenoxy) is 2. The van der Waals surface area contributed by atoms with Gasteiger partial charge in [0.2, 0.25) is 11.9 Å². The molecule has 0 bridgehead atoms. The summed E-state index contributed by atoms with van der Waals surface area (Å²) in [5.74, 6) is 1.80. The van der Waals surface area contributed by atoms with Crippen LogP contribution in [0.5, 0.6) is 5.75 Å². The standard InChI is InChI=1S/C15H21N5O3/c1-22-9-16-14-18-13(19-15(20-14)17-10-23-2)8-5-11-3-6-12(21)7-4-11/h3-4,6-7,21H,5,8-10H2,1-2H3,(H2,16,17,18,19,20). The molecule has 0 fully saturated rings. The van der Waals surface area contributed by atoms with Crippen LogP contribution in [0.15, 0.2) is 24.3 Å². The number of rotatable bonds is 9. The van der Waals surface area contributed by atoms with Gasteiger partial charge in [-0.3, -0.25) is 0 Å². The molecule has 8 heteroatoms. The fourth-order valence-electron chi connectivity index (χ4n) is 1.88. The molecule has 0 saturated heterocycles. The lowest BCUT2D eigenvalue weighted by Crippen LogP contribution is -2.14. The monoisotopic (exact) mass is 319 g/mol. The second-order valence-corrected chi connectivity index (χ2v) is 4.78. The molecule has 2 rings (SSSR count). The number of hydrogen-bond donors (Lipinski definition) is 3. The van der Waals surface area contributed by atoms with Gasteiger partial charge in [0.25, 0.3) is 0 Å². The van der Waals surface area contributed by atoms with E-state index in [1.165, 1.54) is 0 Å². The van der Waals surface area contributed by atoms with Crippen LogP contribution in [0.2, 0.25) is 0 Å². The van der Waals surface area contributed by atoms with Gasteiger partial charge in [0, 0.05) is 20.6 Å². The molecule has 0 aliphatic heterocycles. The summed E-state index contributed by atoms with van der Waals surface area (Å²) in [4.78, 5) is 13.0. The van der Waals surface area contributed by atoms with Crippen molar-refractivity contribution in [1.82, 2.24) is 15.0 Å². The number of methoxy groups -OCH3 is 2. The fraction of sp³-hybridized carbons (Fsp3) is 0.400. The van der Waals surface area contributed by atoms with Gasteiger partial charge in [-0.15, -0.1) is 0 Å². The molecule has 0 spiro atoms. The number of phenols is 1. The minimum atomic E-state index is 0.256. The van der Waals surface area contributed by atoms with E-state index in [1.54, 1.807) is 26.4 Å². The molecular formula is C15H21N5O3. The summed E-state index contributed by atoms with van der Waals surface area (Å²) >= 11 is 0. The fourth-order valence-corrected chi connectivity index (χ4v) is 1.88. The van der Waals surface area contributed by atoms with E-state index in [4.69, 9.17) is 9.47 Å². The second-order valence-electron chi connectivity index (χ2n) is 4.78. The molecule has 0 radical (unpaired) electrons. The summed E-state index contributed by atoms with van der Waals surface area (Å²) in [6.45, 7) is 0.621. The first-order valence-corrected chi connectivity index (χ1v) is 7.19. The van der Waals surface area contributed by atoms with Crippen molar-refractivity contribution in [1.29, 1.82) is 0 Å². The number of phenolic OH excluding ortho intramolecular Hbond substituents is 1. The lowest BCUT2D eigenvalue weighted by Gasteiger charge is -2.09. The van der Waals surface area contributed by atoms with E-state index in [1.807, 2.05) is 12.1 Å². The highest BCUT2D eigenvalue weighted by molar-refractivity contribution is 5.34. The second kappa shape index (κ2) is 8.86. The van der Waals surface area contributed by atoms with Crippen LogP contribution in [0.1, 0.15) is 11.4 Å². The quantitative estimate of drug-likeness (QED) is 0.596. The number of anilines is 2. The third kappa shape index (κ3) is 5.68. The zero-order valence-corrected chi connectivity index (χ0v) is 13.2. The lowest BCUT2D eigenvalue weighted by atomic mass is 10.1.